The number of fused-ring (bicyclic) bond motifs is 1. The van der Waals surface area contributed by atoms with Gasteiger partial charge in [-0.2, -0.15) is 0 Å². The van der Waals surface area contributed by atoms with E-state index in [4.69, 9.17) is 0 Å². The van der Waals surface area contributed by atoms with Crippen LogP contribution in [0.4, 0.5) is 4.79 Å². The highest BCUT2D eigenvalue weighted by atomic mass is 32.2. The number of aromatic nitrogens is 1. The van der Waals surface area contributed by atoms with E-state index in [-0.39, 0.29) is 29.2 Å². The largest absolute Gasteiger partial charge is 0.361 e. The smallest absolute Gasteiger partial charge is 0.289 e. The second kappa shape index (κ2) is 8.48. The van der Waals surface area contributed by atoms with Gasteiger partial charge in [-0.3, -0.25) is 24.2 Å². The molecule has 2 amide bonds. The van der Waals surface area contributed by atoms with Crippen molar-refractivity contribution in [1.82, 2.24) is 14.8 Å². The van der Waals surface area contributed by atoms with E-state index in [0.717, 1.165) is 53.8 Å². The monoisotopic (exact) mass is 435 g/mol. The maximum Gasteiger partial charge on any atom is 0.289 e. The zero-order valence-electron chi connectivity index (χ0n) is 17.4. The standard InChI is InChI=1S/C24H25N3O3S/c28-22-10-18-5-4-16(14-27-23(29)15-31-24(27)30)9-20(18)21(22)11-19-8-17(12-25-19)13-26-6-2-1-3-7-26/h4-5,8-9,11-12,25H,1-3,6-7,10,13-15H2/b21-11-. The maximum atomic E-state index is 12.7. The second-order valence-electron chi connectivity index (χ2n) is 8.48. The molecular weight excluding hydrogens is 410 g/mol. The Morgan fingerprint density at radius 2 is 1.84 bits per heavy atom. The molecule has 0 spiro atoms. The highest BCUT2D eigenvalue weighted by Gasteiger charge is 2.31. The summed E-state index contributed by atoms with van der Waals surface area (Å²) in [6.45, 7) is 3.49. The van der Waals surface area contributed by atoms with Crippen molar-refractivity contribution in [3.05, 3.63) is 58.4 Å². The van der Waals surface area contributed by atoms with Gasteiger partial charge in [-0.1, -0.05) is 30.3 Å². The number of carbonyl (C=O) groups is 3. The molecule has 0 saturated carbocycles. The van der Waals surface area contributed by atoms with E-state index in [1.54, 1.807) is 0 Å². The number of thioether (sulfide) groups is 1. The van der Waals surface area contributed by atoms with Crippen LogP contribution in [0, 0.1) is 0 Å². The quantitative estimate of drug-likeness (QED) is 0.722. The number of rotatable bonds is 5. The number of hydrogen-bond donors (Lipinski definition) is 1. The third-order valence-electron chi connectivity index (χ3n) is 6.22. The molecule has 2 fully saturated rings. The van der Waals surface area contributed by atoms with Crippen LogP contribution in [-0.2, 0) is 29.1 Å². The number of amides is 2. The Hall–Kier alpha value is -2.64. The number of aromatic amines is 1. The molecule has 3 aliphatic rings. The summed E-state index contributed by atoms with van der Waals surface area (Å²) in [5.41, 5.74) is 5.61. The molecule has 0 radical (unpaired) electrons. The van der Waals surface area contributed by atoms with Gasteiger partial charge >= 0.3 is 0 Å². The van der Waals surface area contributed by atoms with Crippen LogP contribution in [0.5, 0.6) is 0 Å². The van der Waals surface area contributed by atoms with Gasteiger partial charge in [0.15, 0.2) is 5.78 Å². The molecule has 7 heteroatoms. The third kappa shape index (κ3) is 4.25. The average Bonchev–Trinajstić information content (AvgIpc) is 3.43. The van der Waals surface area contributed by atoms with Crippen LogP contribution < -0.4 is 0 Å². The van der Waals surface area contributed by atoms with E-state index in [1.807, 2.05) is 30.5 Å². The zero-order valence-corrected chi connectivity index (χ0v) is 18.2. The minimum absolute atomic E-state index is 0.100. The van der Waals surface area contributed by atoms with Crippen molar-refractivity contribution in [2.24, 2.45) is 0 Å². The number of hydrogen-bond acceptors (Lipinski definition) is 5. The molecule has 0 unspecified atom stereocenters. The molecule has 2 saturated heterocycles. The van der Waals surface area contributed by atoms with Gasteiger partial charge in [-0.15, -0.1) is 0 Å². The van der Waals surface area contributed by atoms with Crippen molar-refractivity contribution in [3.63, 3.8) is 0 Å². The molecule has 2 aromatic rings. The number of likely N-dealkylation sites (tertiary alicyclic amines) is 1. The Morgan fingerprint density at radius 1 is 1.00 bits per heavy atom. The topological polar surface area (TPSA) is 73.5 Å². The SMILES string of the molecule is O=C1Cc2ccc(CN3C(=O)CSC3=O)cc2/C1=C/c1cc(CN2CCCCC2)c[nH]1. The number of Topliss-reactive ketones (excluding diaryl/α,β-unsaturated/α-hetero) is 1. The lowest BCUT2D eigenvalue weighted by Gasteiger charge is -2.25. The Kier molecular flexibility index (Phi) is 5.54. The van der Waals surface area contributed by atoms with E-state index in [9.17, 15) is 14.4 Å². The van der Waals surface area contributed by atoms with Crippen molar-refractivity contribution in [1.29, 1.82) is 0 Å². The number of allylic oxidation sites excluding steroid dienone is 1. The first-order valence-corrected chi connectivity index (χ1v) is 11.8. The number of ketones is 1. The van der Waals surface area contributed by atoms with Gasteiger partial charge < -0.3 is 4.98 Å². The van der Waals surface area contributed by atoms with Crippen LogP contribution in [0.2, 0.25) is 0 Å². The lowest BCUT2D eigenvalue weighted by molar-refractivity contribution is -0.125. The molecule has 160 valence electrons. The summed E-state index contributed by atoms with van der Waals surface area (Å²) in [5, 5.41) is -0.204. The summed E-state index contributed by atoms with van der Waals surface area (Å²) in [5.74, 6) is 0.151. The van der Waals surface area contributed by atoms with Crippen LogP contribution in [-0.4, -0.2) is 50.6 Å². The predicted molar refractivity (Wildman–Crippen MR) is 121 cm³/mol. The number of H-pyrrole nitrogens is 1. The Labute approximate surface area is 185 Å². The van der Waals surface area contributed by atoms with Gasteiger partial charge in [0.2, 0.25) is 5.91 Å². The molecule has 2 aliphatic heterocycles. The first-order chi connectivity index (χ1) is 15.1. The van der Waals surface area contributed by atoms with Crippen molar-refractivity contribution in [2.45, 2.75) is 38.8 Å². The van der Waals surface area contributed by atoms with Crippen LogP contribution in [0.1, 0.15) is 47.2 Å². The molecule has 1 aromatic carbocycles. The molecule has 1 aromatic heterocycles. The number of nitrogens with zero attached hydrogens (tertiary/aromatic N) is 2. The molecule has 0 atom stereocenters. The molecule has 1 N–H and O–H groups in total. The fourth-order valence-electron chi connectivity index (χ4n) is 4.58. The van der Waals surface area contributed by atoms with E-state index in [2.05, 4.69) is 16.0 Å². The lowest BCUT2D eigenvalue weighted by Crippen LogP contribution is -2.28. The summed E-state index contributed by atoms with van der Waals surface area (Å²) >= 11 is 1.04. The van der Waals surface area contributed by atoms with Gasteiger partial charge in [0.05, 0.1) is 12.3 Å². The van der Waals surface area contributed by atoms with Gasteiger partial charge in [-0.25, -0.2) is 0 Å². The zero-order chi connectivity index (χ0) is 21.4. The van der Waals surface area contributed by atoms with Gasteiger partial charge in [0, 0.05) is 30.4 Å². The fraction of sp³-hybridized carbons (Fsp3) is 0.375. The Morgan fingerprint density at radius 3 is 2.61 bits per heavy atom. The van der Waals surface area contributed by atoms with Crippen molar-refractivity contribution in [3.8, 4) is 0 Å². The minimum atomic E-state index is -0.204. The highest BCUT2D eigenvalue weighted by Crippen LogP contribution is 2.33. The van der Waals surface area contributed by atoms with E-state index in [1.165, 1.54) is 29.7 Å². The average molecular weight is 436 g/mol. The minimum Gasteiger partial charge on any atom is -0.361 e. The summed E-state index contributed by atoms with van der Waals surface area (Å²) in [6, 6.07) is 7.92. The summed E-state index contributed by atoms with van der Waals surface area (Å²) in [6.07, 6.45) is 8.20. The molecular formula is C24H25N3O3S. The fourth-order valence-corrected chi connectivity index (χ4v) is 5.31. The Bertz CT molecular complexity index is 1070. The summed E-state index contributed by atoms with van der Waals surface area (Å²) in [4.78, 5) is 43.6. The molecule has 1 aliphatic carbocycles. The lowest BCUT2D eigenvalue weighted by atomic mass is 10.0. The van der Waals surface area contributed by atoms with Gasteiger partial charge in [0.25, 0.3) is 5.24 Å². The van der Waals surface area contributed by atoms with Crippen molar-refractivity contribution >= 4 is 40.3 Å². The predicted octanol–water partition coefficient (Wildman–Crippen LogP) is 3.86. The van der Waals surface area contributed by atoms with Crippen molar-refractivity contribution < 1.29 is 14.4 Å². The van der Waals surface area contributed by atoms with Crippen molar-refractivity contribution in [2.75, 3.05) is 18.8 Å². The number of benzene rings is 1. The van der Waals surface area contributed by atoms with E-state index < -0.39 is 0 Å². The number of imide groups is 1. The number of carbonyl (C=O) groups excluding carboxylic acids is 3. The van der Waals surface area contributed by atoms with Crippen LogP contribution in [0.25, 0.3) is 11.6 Å². The Balaban J connectivity index is 1.36. The first-order valence-electron chi connectivity index (χ1n) is 10.8. The van der Waals surface area contributed by atoms with E-state index >= 15 is 0 Å². The van der Waals surface area contributed by atoms with Crippen LogP contribution in [0.3, 0.4) is 0 Å². The first kappa shape index (κ1) is 20.3. The molecule has 31 heavy (non-hydrogen) atoms. The normalized spacial score (nSPS) is 20.8. The molecule has 6 nitrogen and oxygen atoms in total. The van der Waals surface area contributed by atoms with Crippen LogP contribution in [0.15, 0.2) is 30.5 Å². The molecule has 5 rings (SSSR count). The maximum absolute atomic E-state index is 12.7. The summed E-state index contributed by atoms with van der Waals surface area (Å²) < 4.78 is 0. The highest BCUT2D eigenvalue weighted by molar-refractivity contribution is 8.14. The summed E-state index contributed by atoms with van der Waals surface area (Å²) in [7, 11) is 0. The van der Waals surface area contributed by atoms with Gasteiger partial charge in [-0.05, 0) is 66.4 Å². The molecule has 0 bridgehead atoms. The van der Waals surface area contributed by atoms with Gasteiger partial charge in [0.1, 0.15) is 0 Å². The number of nitrogens with one attached hydrogen (secondary N) is 1. The third-order valence-corrected chi connectivity index (χ3v) is 7.08. The second-order valence-corrected chi connectivity index (χ2v) is 9.41. The molecule has 3 heterocycles. The van der Waals surface area contributed by atoms with Crippen LogP contribution >= 0.6 is 11.8 Å². The number of piperidine rings is 1. The van der Waals surface area contributed by atoms with E-state index in [0.29, 0.717) is 12.0 Å².